The van der Waals surface area contributed by atoms with E-state index < -0.39 is 11.9 Å². The van der Waals surface area contributed by atoms with E-state index in [0.717, 1.165) is 115 Å². The molecule has 1 unspecified atom stereocenters. The van der Waals surface area contributed by atoms with Crippen LogP contribution in [-0.2, 0) is 21.4 Å². The van der Waals surface area contributed by atoms with E-state index in [1.165, 1.54) is 17.4 Å². The van der Waals surface area contributed by atoms with Crippen molar-refractivity contribution in [2.75, 3.05) is 31.5 Å². The number of anilines is 1. The number of likely N-dealkylation sites (tertiary alicyclic amines) is 1. The van der Waals surface area contributed by atoms with Gasteiger partial charge in [-0.3, -0.25) is 33.6 Å². The van der Waals surface area contributed by atoms with E-state index in [-0.39, 0.29) is 35.9 Å². The van der Waals surface area contributed by atoms with Gasteiger partial charge in [-0.1, -0.05) is 67.1 Å². The van der Waals surface area contributed by atoms with Crippen LogP contribution in [0.3, 0.4) is 0 Å². The largest absolute Gasteiger partial charge is 0.380 e. The van der Waals surface area contributed by atoms with Crippen molar-refractivity contribution in [1.29, 1.82) is 0 Å². The van der Waals surface area contributed by atoms with Crippen LogP contribution in [0.2, 0.25) is 0 Å². The number of amides is 4. The number of imidazole rings is 1. The second kappa shape index (κ2) is 19.7. The fraction of sp³-hybridized carbons (Fsp3) is 0.463. The molecule has 4 fully saturated rings. The molecule has 1 saturated carbocycles. The third-order valence-electron chi connectivity index (χ3n) is 14.9. The van der Waals surface area contributed by atoms with Gasteiger partial charge in [0.25, 0.3) is 5.91 Å². The van der Waals surface area contributed by atoms with Crippen molar-refractivity contribution in [2.45, 2.75) is 115 Å². The molecule has 3 saturated heterocycles. The Morgan fingerprint density at radius 1 is 0.848 bits per heavy atom. The molecule has 9 rings (SSSR count). The number of carbonyl (C=O) groups excluding carboxylic acids is 4. The molecule has 4 heterocycles. The van der Waals surface area contributed by atoms with E-state index in [4.69, 9.17) is 0 Å². The van der Waals surface area contributed by atoms with Crippen LogP contribution >= 0.6 is 0 Å². The Hall–Kier alpha value is -6.19. The highest BCUT2D eigenvalue weighted by atomic mass is 16.2. The van der Waals surface area contributed by atoms with E-state index >= 15 is 0 Å². The summed E-state index contributed by atoms with van der Waals surface area (Å²) in [5.41, 5.74) is 7.06. The minimum absolute atomic E-state index is 0.0765. The predicted octanol–water partition coefficient (Wildman–Crippen LogP) is 7.78. The number of hydrogen-bond acceptors (Lipinski definition) is 7. The van der Waals surface area contributed by atoms with E-state index in [1.54, 1.807) is 11.6 Å². The monoisotopic (exact) mass is 889 g/mol. The molecule has 1 aromatic heterocycles. The minimum atomic E-state index is -0.700. The highest BCUT2D eigenvalue weighted by Crippen LogP contribution is 2.34. The van der Waals surface area contributed by atoms with E-state index in [2.05, 4.69) is 82.5 Å². The summed E-state index contributed by atoms with van der Waals surface area (Å²) in [6, 6.07) is 24.2. The van der Waals surface area contributed by atoms with Gasteiger partial charge in [0, 0.05) is 68.8 Å². The van der Waals surface area contributed by atoms with Gasteiger partial charge in [-0.25, -0.2) is 4.79 Å². The molecule has 4 aliphatic rings. The number of piperidine rings is 2. The van der Waals surface area contributed by atoms with Gasteiger partial charge in [-0.15, -0.1) is 0 Å². The fourth-order valence-electron chi connectivity index (χ4n) is 10.7. The summed E-state index contributed by atoms with van der Waals surface area (Å²) in [6.07, 6.45) is 10.6. The number of nitrogens with one attached hydrogen (secondary N) is 4. The van der Waals surface area contributed by atoms with Gasteiger partial charge < -0.3 is 20.9 Å². The molecule has 344 valence electrons. The maximum absolute atomic E-state index is 13.6. The van der Waals surface area contributed by atoms with Crippen LogP contribution in [-0.4, -0.2) is 69.9 Å². The van der Waals surface area contributed by atoms with Gasteiger partial charge in [0.2, 0.25) is 17.7 Å². The molecule has 0 spiro atoms. The molecule has 0 radical (unpaired) electrons. The smallest absolute Gasteiger partial charge is 0.329 e. The molecular formula is C54H63N7O5. The van der Waals surface area contributed by atoms with Crippen LogP contribution in [0.15, 0.2) is 77.6 Å². The van der Waals surface area contributed by atoms with Gasteiger partial charge in [0.05, 0.1) is 23.1 Å². The number of imide groups is 1. The van der Waals surface area contributed by atoms with E-state index in [1.807, 2.05) is 42.2 Å². The Labute approximate surface area is 387 Å². The molecule has 12 nitrogen and oxygen atoms in total. The Morgan fingerprint density at radius 2 is 1.62 bits per heavy atom. The number of benzene rings is 4. The van der Waals surface area contributed by atoms with Crippen molar-refractivity contribution in [2.24, 2.45) is 18.9 Å². The molecule has 4 N–H and O–H groups in total. The maximum atomic E-state index is 13.6. The molecule has 1 aliphatic carbocycles. The second-order valence-electron chi connectivity index (χ2n) is 19.3. The van der Waals surface area contributed by atoms with Crippen molar-refractivity contribution in [1.82, 2.24) is 30.0 Å². The molecular weight excluding hydrogens is 827 g/mol. The van der Waals surface area contributed by atoms with Crippen LogP contribution in [0.4, 0.5) is 5.69 Å². The molecule has 0 bridgehead atoms. The molecule has 2 atom stereocenters. The topological polar surface area (TPSA) is 147 Å². The number of carbonyl (C=O) groups is 4. The van der Waals surface area contributed by atoms with Crippen LogP contribution in [0.25, 0.3) is 21.8 Å². The summed E-state index contributed by atoms with van der Waals surface area (Å²) in [6.45, 7) is 7.35. The summed E-state index contributed by atoms with van der Waals surface area (Å²) in [4.78, 5) is 66.4. The Morgan fingerprint density at radius 3 is 2.36 bits per heavy atom. The average Bonchev–Trinajstić information content (AvgIpc) is 3.56. The predicted molar refractivity (Wildman–Crippen MR) is 259 cm³/mol. The highest BCUT2D eigenvalue weighted by molar-refractivity contribution is 6.00. The van der Waals surface area contributed by atoms with Crippen molar-refractivity contribution < 1.29 is 19.2 Å². The van der Waals surface area contributed by atoms with Crippen molar-refractivity contribution >= 4 is 51.1 Å². The molecule has 4 amide bonds. The molecule has 3 aliphatic heterocycles. The van der Waals surface area contributed by atoms with Gasteiger partial charge >= 0.3 is 5.69 Å². The quantitative estimate of drug-likeness (QED) is 0.0569. The average molecular weight is 890 g/mol. The zero-order valence-corrected chi connectivity index (χ0v) is 38.6. The van der Waals surface area contributed by atoms with E-state index in [9.17, 15) is 24.0 Å². The van der Waals surface area contributed by atoms with Crippen molar-refractivity contribution in [3.05, 3.63) is 111 Å². The molecule has 12 heteroatoms. The normalized spacial score (nSPS) is 20.9. The maximum Gasteiger partial charge on any atom is 0.329 e. The highest BCUT2D eigenvalue weighted by Gasteiger charge is 2.32. The Balaban J connectivity index is 0.713. The van der Waals surface area contributed by atoms with Gasteiger partial charge in [0.15, 0.2) is 0 Å². The van der Waals surface area contributed by atoms with Crippen LogP contribution in [0.1, 0.15) is 135 Å². The standard InChI is InChI=1S/C54H63N7O5/c1-34-12-21-41(57-42-32-55-33-42)31-46(34)52(64)56-35(2)43-22-19-39(44-9-5-6-10-45(43)44)18-17-37-15-13-36(14-16-37)8-4-7-11-51(63)60-28-26-38(27-29-60)40-20-23-47-49(30-40)59(3)54(66)61(47)48-24-25-50(62)58-53(48)65/h5-6,9-10,12,19-23,30-31,35-38,42,48,55,57H,4,7-8,11,13-16,24-29,32-33H2,1-3H3,(H,56,64)(H,58,62,65)/t35-,36?,37?,48?/m1/s1. The Kier molecular flexibility index (Phi) is 13.4. The lowest BCUT2D eigenvalue weighted by Crippen LogP contribution is -2.51. The first-order chi connectivity index (χ1) is 32.0. The Bertz CT molecular complexity index is 2780. The summed E-state index contributed by atoms with van der Waals surface area (Å²) < 4.78 is 3.11. The van der Waals surface area contributed by atoms with Crippen LogP contribution in [0.5, 0.6) is 0 Å². The summed E-state index contributed by atoms with van der Waals surface area (Å²) in [5, 5.41) is 14.6. The molecule has 4 aromatic carbocycles. The van der Waals surface area contributed by atoms with Gasteiger partial charge in [-0.05, 0) is 135 Å². The zero-order chi connectivity index (χ0) is 45.9. The number of nitrogens with zero attached hydrogens (tertiary/aromatic N) is 3. The summed E-state index contributed by atoms with van der Waals surface area (Å²) >= 11 is 0. The number of rotatable bonds is 12. The zero-order valence-electron chi connectivity index (χ0n) is 38.6. The first-order valence-electron chi connectivity index (χ1n) is 24.2. The van der Waals surface area contributed by atoms with Crippen LogP contribution < -0.4 is 27.0 Å². The second-order valence-corrected chi connectivity index (χ2v) is 19.3. The number of fused-ring (bicyclic) bond motifs is 2. The van der Waals surface area contributed by atoms with Crippen LogP contribution in [0, 0.1) is 30.6 Å². The van der Waals surface area contributed by atoms with E-state index in [0.29, 0.717) is 47.7 Å². The third kappa shape index (κ3) is 9.68. The summed E-state index contributed by atoms with van der Waals surface area (Å²) in [5.74, 6) is 7.97. The lowest BCUT2D eigenvalue weighted by atomic mass is 9.80. The first-order valence-corrected chi connectivity index (χ1v) is 24.2. The van der Waals surface area contributed by atoms with Gasteiger partial charge in [0.1, 0.15) is 6.04 Å². The number of unbranched alkanes of at least 4 members (excludes halogenated alkanes) is 1. The number of aromatic nitrogens is 2. The van der Waals surface area contributed by atoms with Crippen molar-refractivity contribution in [3.63, 3.8) is 0 Å². The van der Waals surface area contributed by atoms with Crippen molar-refractivity contribution in [3.8, 4) is 11.8 Å². The molecule has 66 heavy (non-hydrogen) atoms. The third-order valence-corrected chi connectivity index (χ3v) is 14.9. The number of hydrogen-bond donors (Lipinski definition) is 4. The lowest BCUT2D eigenvalue weighted by Gasteiger charge is -2.32. The lowest BCUT2D eigenvalue weighted by molar-refractivity contribution is -0.136. The minimum Gasteiger partial charge on any atom is -0.380 e. The molecule has 5 aromatic rings. The number of aryl methyl sites for hydroxylation is 2. The fourth-order valence-corrected chi connectivity index (χ4v) is 10.7. The summed E-state index contributed by atoms with van der Waals surface area (Å²) in [7, 11) is 1.73. The first kappa shape index (κ1) is 45.0. The van der Waals surface area contributed by atoms with Gasteiger partial charge in [-0.2, -0.15) is 0 Å². The SMILES string of the molecule is Cc1ccc(NC2CNC2)cc1C(=O)N[C@H](C)c1ccc(C#CC2CCC(CCCCC(=O)N3CCC(c4ccc5c(c4)n(C)c(=O)n5C4CCC(=O)NC4=O)CC3)CC2)c2ccccc12.